The number of fused-ring (bicyclic) bond motifs is 1. The van der Waals surface area contributed by atoms with Gasteiger partial charge in [-0.05, 0) is 54.3 Å². The maximum atomic E-state index is 13.7. The molecule has 0 amide bonds. The fourth-order valence-electron chi connectivity index (χ4n) is 4.51. The number of hydrogen-bond donors (Lipinski definition) is 0. The summed E-state index contributed by atoms with van der Waals surface area (Å²) in [5.74, 6) is 1.97. The van der Waals surface area contributed by atoms with Crippen molar-refractivity contribution in [3.63, 3.8) is 0 Å². The Morgan fingerprint density at radius 2 is 1.74 bits per heavy atom. The van der Waals surface area contributed by atoms with Crippen LogP contribution in [0.1, 0.15) is 36.4 Å². The first kappa shape index (κ1) is 22.2. The fraction of sp³-hybridized carbons (Fsp3) is 0.269. The molecule has 0 bridgehead atoms. The summed E-state index contributed by atoms with van der Waals surface area (Å²) < 4.78 is 18.2. The molecule has 174 valence electrons. The third kappa shape index (κ3) is 3.74. The maximum Gasteiger partial charge on any atom is 0.271 e. The summed E-state index contributed by atoms with van der Waals surface area (Å²) in [7, 11) is 4.77. The van der Waals surface area contributed by atoms with Crippen molar-refractivity contribution in [1.29, 1.82) is 0 Å². The van der Waals surface area contributed by atoms with Crippen LogP contribution in [0.25, 0.3) is 6.08 Å². The van der Waals surface area contributed by atoms with Crippen LogP contribution in [-0.2, 0) is 4.79 Å². The van der Waals surface area contributed by atoms with Crippen molar-refractivity contribution in [2.75, 3.05) is 21.3 Å². The van der Waals surface area contributed by atoms with Crippen molar-refractivity contribution >= 4 is 23.2 Å². The number of benzene rings is 2. The summed E-state index contributed by atoms with van der Waals surface area (Å²) in [4.78, 5) is 32.0. The SMILES string of the molecule is COc1ccc(C2C3=C(CCCC3=O)N=c3sc(=Cc4ccc(OC)c(OC)c4)c(=O)n32)cc1. The molecule has 2 aliphatic rings. The quantitative estimate of drug-likeness (QED) is 0.566. The Morgan fingerprint density at radius 3 is 2.44 bits per heavy atom. The van der Waals surface area contributed by atoms with E-state index in [0.29, 0.717) is 38.6 Å². The Morgan fingerprint density at radius 1 is 0.971 bits per heavy atom. The minimum absolute atomic E-state index is 0.0555. The van der Waals surface area contributed by atoms with Crippen LogP contribution < -0.4 is 29.1 Å². The van der Waals surface area contributed by atoms with Gasteiger partial charge in [-0.15, -0.1) is 0 Å². The Labute approximate surface area is 200 Å². The van der Waals surface area contributed by atoms with E-state index < -0.39 is 6.04 Å². The van der Waals surface area contributed by atoms with Crippen molar-refractivity contribution in [3.8, 4) is 17.2 Å². The van der Waals surface area contributed by atoms with Gasteiger partial charge >= 0.3 is 0 Å². The smallest absolute Gasteiger partial charge is 0.271 e. The van der Waals surface area contributed by atoms with Gasteiger partial charge in [0.1, 0.15) is 5.75 Å². The monoisotopic (exact) mass is 476 g/mol. The number of methoxy groups -OCH3 is 3. The van der Waals surface area contributed by atoms with E-state index in [9.17, 15) is 9.59 Å². The molecule has 34 heavy (non-hydrogen) atoms. The second-order valence-corrected chi connectivity index (χ2v) is 9.12. The van der Waals surface area contributed by atoms with E-state index in [4.69, 9.17) is 19.2 Å². The van der Waals surface area contributed by atoms with Gasteiger partial charge in [-0.25, -0.2) is 4.99 Å². The average Bonchev–Trinajstić information content (AvgIpc) is 3.17. The molecule has 1 aromatic heterocycles. The summed E-state index contributed by atoms with van der Waals surface area (Å²) in [5, 5.41) is 0. The molecule has 0 saturated heterocycles. The molecule has 1 atom stereocenters. The summed E-state index contributed by atoms with van der Waals surface area (Å²) in [6, 6.07) is 12.5. The highest BCUT2D eigenvalue weighted by atomic mass is 32.1. The van der Waals surface area contributed by atoms with E-state index in [2.05, 4.69) is 0 Å². The minimum atomic E-state index is -0.502. The first-order valence-corrected chi connectivity index (χ1v) is 11.8. The van der Waals surface area contributed by atoms with E-state index in [-0.39, 0.29) is 11.3 Å². The molecule has 2 aromatic carbocycles. The third-order valence-corrected chi connectivity index (χ3v) is 7.15. The van der Waals surface area contributed by atoms with Crippen molar-refractivity contribution < 1.29 is 19.0 Å². The number of ketones is 1. The Hall–Kier alpha value is -3.65. The molecule has 5 rings (SSSR count). The molecule has 1 aliphatic heterocycles. The standard InChI is InChI=1S/C26H24N2O5S/c1-31-17-10-8-16(9-11-17)24-23-18(5-4-6-19(23)29)27-26-28(24)25(30)22(34-26)14-15-7-12-20(32-2)21(13-15)33-3/h7-14,24H,4-6H2,1-3H3. The summed E-state index contributed by atoms with van der Waals surface area (Å²) in [5.41, 5.74) is 2.91. The van der Waals surface area contributed by atoms with E-state index >= 15 is 0 Å². The van der Waals surface area contributed by atoms with Crippen LogP contribution in [0.4, 0.5) is 0 Å². The number of hydrogen-bond acceptors (Lipinski definition) is 7. The molecule has 0 N–H and O–H groups in total. The first-order valence-electron chi connectivity index (χ1n) is 11.0. The Bertz CT molecular complexity index is 1480. The summed E-state index contributed by atoms with van der Waals surface area (Å²) >= 11 is 1.33. The van der Waals surface area contributed by atoms with Crippen LogP contribution in [-0.4, -0.2) is 31.7 Å². The number of thiazole rings is 1. The van der Waals surface area contributed by atoms with Gasteiger partial charge in [-0.3, -0.25) is 14.2 Å². The van der Waals surface area contributed by atoms with Gasteiger partial charge in [0.05, 0.1) is 37.6 Å². The van der Waals surface area contributed by atoms with Crippen LogP contribution in [0.2, 0.25) is 0 Å². The topological polar surface area (TPSA) is 79.1 Å². The van der Waals surface area contributed by atoms with Gasteiger partial charge < -0.3 is 14.2 Å². The van der Waals surface area contributed by atoms with E-state index in [1.807, 2.05) is 42.5 Å². The lowest BCUT2D eigenvalue weighted by atomic mass is 9.86. The van der Waals surface area contributed by atoms with Crippen LogP contribution >= 0.6 is 11.3 Å². The third-order valence-electron chi connectivity index (χ3n) is 6.16. The van der Waals surface area contributed by atoms with Crippen molar-refractivity contribution in [1.82, 2.24) is 4.57 Å². The van der Waals surface area contributed by atoms with E-state index in [1.54, 1.807) is 32.0 Å². The number of carbonyl (C=O) groups excluding carboxylic acids is 1. The van der Waals surface area contributed by atoms with Gasteiger partial charge in [-0.1, -0.05) is 29.5 Å². The van der Waals surface area contributed by atoms with Crippen LogP contribution in [0, 0.1) is 0 Å². The van der Waals surface area contributed by atoms with Crippen LogP contribution in [0.15, 0.2) is 63.5 Å². The average molecular weight is 477 g/mol. The predicted molar refractivity (Wildman–Crippen MR) is 129 cm³/mol. The summed E-state index contributed by atoms with van der Waals surface area (Å²) in [6.45, 7) is 0. The lowest BCUT2D eigenvalue weighted by Crippen LogP contribution is -2.40. The molecule has 0 fully saturated rings. The van der Waals surface area contributed by atoms with Gasteiger partial charge in [0.15, 0.2) is 22.1 Å². The molecule has 0 spiro atoms. The number of ether oxygens (including phenoxy) is 3. The second kappa shape index (κ2) is 8.95. The number of Topliss-reactive ketones (excluding diaryl/α,β-unsaturated/α-hetero) is 1. The molecule has 3 aromatic rings. The van der Waals surface area contributed by atoms with E-state index in [0.717, 1.165) is 29.7 Å². The highest BCUT2D eigenvalue weighted by Gasteiger charge is 2.34. The number of carbonyl (C=O) groups is 1. The van der Waals surface area contributed by atoms with Crippen molar-refractivity contribution in [2.24, 2.45) is 4.99 Å². The van der Waals surface area contributed by atoms with Crippen LogP contribution in [0.3, 0.4) is 0 Å². The number of nitrogens with zero attached hydrogens (tertiary/aromatic N) is 2. The molecule has 0 saturated carbocycles. The molecular formula is C26H24N2O5S. The van der Waals surface area contributed by atoms with Crippen molar-refractivity contribution in [3.05, 3.63) is 84.5 Å². The predicted octanol–water partition coefficient (Wildman–Crippen LogP) is 2.99. The molecule has 1 unspecified atom stereocenters. The van der Waals surface area contributed by atoms with Crippen molar-refractivity contribution in [2.45, 2.75) is 25.3 Å². The largest absolute Gasteiger partial charge is 0.497 e. The van der Waals surface area contributed by atoms with Gasteiger partial charge in [0, 0.05) is 12.0 Å². The zero-order valence-corrected chi connectivity index (χ0v) is 20.0. The molecule has 0 radical (unpaired) electrons. The Balaban J connectivity index is 1.70. The molecule has 1 aliphatic carbocycles. The highest BCUT2D eigenvalue weighted by molar-refractivity contribution is 7.07. The number of aromatic nitrogens is 1. The molecule has 7 nitrogen and oxygen atoms in total. The summed E-state index contributed by atoms with van der Waals surface area (Å²) in [6.07, 6.45) is 3.80. The molecule has 8 heteroatoms. The lowest BCUT2D eigenvalue weighted by Gasteiger charge is -2.28. The van der Waals surface area contributed by atoms with Gasteiger partial charge in [-0.2, -0.15) is 0 Å². The Kier molecular flexibility index (Phi) is 5.83. The molecular weight excluding hydrogens is 452 g/mol. The second-order valence-electron chi connectivity index (χ2n) is 8.11. The van der Waals surface area contributed by atoms with E-state index in [1.165, 1.54) is 11.3 Å². The first-order chi connectivity index (χ1) is 16.5. The van der Waals surface area contributed by atoms with Gasteiger partial charge in [0.2, 0.25) is 0 Å². The van der Waals surface area contributed by atoms with Gasteiger partial charge in [0.25, 0.3) is 5.56 Å². The van der Waals surface area contributed by atoms with Crippen LogP contribution in [0.5, 0.6) is 17.2 Å². The maximum absolute atomic E-state index is 13.7. The zero-order chi connectivity index (χ0) is 23.8. The fourth-order valence-corrected chi connectivity index (χ4v) is 5.53. The lowest BCUT2D eigenvalue weighted by molar-refractivity contribution is -0.116. The highest BCUT2D eigenvalue weighted by Crippen LogP contribution is 2.36. The number of rotatable bonds is 5. The normalized spacial score (nSPS) is 17.7. The molecule has 2 heterocycles. The number of allylic oxidation sites excluding steroid dienone is 2. The minimum Gasteiger partial charge on any atom is -0.497 e. The zero-order valence-electron chi connectivity index (χ0n) is 19.2.